The zero-order valence-electron chi connectivity index (χ0n) is 24.4. The minimum absolute atomic E-state index is 0. The van der Waals surface area contributed by atoms with Crippen molar-refractivity contribution < 1.29 is 34.4 Å². The molecule has 0 aliphatic rings. The van der Waals surface area contributed by atoms with E-state index < -0.39 is 0 Å². The van der Waals surface area contributed by atoms with Gasteiger partial charge in [0, 0.05) is 76.8 Å². The van der Waals surface area contributed by atoms with Crippen molar-refractivity contribution in [1.29, 1.82) is 0 Å². The first-order valence-corrected chi connectivity index (χ1v) is 14.7. The van der Waals surface area contributed by atoms with Crippen LogP contribution >= 0.6 is 0 Å². The van der Waals surface area contributed by atoms with Gasteiger partial charge in [-0.15, -0.1) is 29.7 Å². The van der Waals surface area contributed by atoms with Gasteiger partial charge in [0.2, 0.25) is 0 Å². The topological polar surface area (TPSA) is 67.7 Å². The second-order valence-corrected chi connectivity index (χ2v) is 10.8. The molecular weight excluding hydrogens is 701 g/mol. The average Bonchev–Trinajstić information content (AvgIpc) is 3.50. The molecule has 42 heavy (non-hydrogen) atoms. The van der Waals surface area contributed by atoms with Crippen molar-refractivity contribution in [3.63, 3.8) is 0 Å². The SMILES string of the molecule is CCC(CC)C(=O)/C=C(\O)C(CC)CC.[Ir].[c-]1cccc2c1c1nccc3oc4ccc5c6ccccc6n2c5c4c31. The van der Waals surface area contributed by atoms with E-state index in [0.717, 1.165) is 64.0 Å². The van der Waals surface area contributed by atoms with Crippen LogP contribution in [0.15, 0.2) is 83.1 Å². The standard InChI is InChI=1S/C23H11N2O.C13H24O2.Ir/c1-3-7-16-13(5-1)14-9-10-18-21-20-19(26-18)11-12-24-22(20)15-6-2-4-8-17(15)25(16)23(14)21;1-5-10(6-2)12(14)9-13(15)11(7-3)8-4;/h1-5,7-12H;9-11,14H,5-8H2,1-4H3;/q-1;;/b;12-9-;. The number of allylic oxidation sites excluding steroid dienone is 2. The number of aromatic nitrogens is 2. The van der Waals surface area contributed by atoms with Gasteiger partial charge < -0.3 is 18.9 Å². The zero-order chi connectivity index (χ0) is 28.7. The largest absolute Gasteiger partial charge is 0.512 e. The molecule has 4 aromatic heterocycles. The van der Waals surface area contributed by atoms with E-state index in [1.165, 1.54) is 27.9 Å². The third-order valence-corrected chi connectivity index (χ3v) is 8.57. The Hall–Kier alpha value is -3.73. The van der Waals surface area contributed by atoms with Gasteiger partial charge in [-0.25, -0.2) is 0 Å². The normalized spacial score (nSPS) is 12.3. The summed E-state index contributed by atoms with van der Waals surface area (Å²) in [4.78, 5) is 16.4. The van der Waals surface area contributed by atoms with Crippen LogP contribution in [0.5, 0.6) is 0 Å². The van der Waals surface area contributed by atoms with Gasteiger partial charge in [-0.1, -0.05) is 45.9 Å². The maximum atomic E-state index is 11.7. The van der Waals surface area contributed by atoms with Crippen LogP contribution in [-0.2, 0) is 24.9 Å². The summed E-state index contributed by atoms with van der Waals surface area (Å²) in [6.07, 6.45) is 6.73. The molecule has 6 heteroatoms. The number of pyridine rings is 1. The summed E-state index contributed by atoms with van der Waals surface area (Å²) >= 11 is 0. The zero-order valence-corrected chi connectivity index (χ0v) is 26.8. The Morgan fingerprint density at radius 1 is 0.881 bits per heavy atom. The number of rotatable bonds is 7. The van der Waals surface area contributed by atoms with E-state index in [2.05, 4.69) is 52.9 Å². The summed E-state index contributed by atoms with van der Waals surface area (Å²) in [5.74, 6) is 0.547. The number of aliphatic hydroxyl groups excluding tert-OH is 1. The van der Waals surface area contributed by atoms with E-state index in [9.17, 15) is 9.90 Å². The van der Waals surface area contributed by atoms with E-state index in [0.29, 0.717) is 0 Å². The maximum Gasteiger partial charge on any atom is 0.162 e. The molecule has 0 spiro atoms. The Bertz CT molecular complexity index is 2030. The molecule has 0 fully saturated rings. The first kappa shape index (κ1) is 29.8. The molecule has 0 bridgehead atoms. The first-order valence-electron chi connectivity index (χ1n) is 14.7. The second-order valence-electron chi connectivity index (χ2n) is 10.8. The number of benzene rings is 3. The van der Waals surface area contributed by atoms with Crippen LogP contribution in [0, 0.1) is 17.9 Å². The number of furan rings is 1. The molecule has 4 heterocycles. The molecule has 1 radical (unpaired) electrons. The van der Waals surface area contributed by atoms with Gasteiger partial charge in [-0.3, -0.25) is 4.79 Å². The fourth-order valence-corrected chi connectivity index (χ4v) is 6.28. The van der Waals surface area contributed by atoms with Crippen LogP contribution in [0.3, 0.4) is 0 Å². The molecule has 0 amide bonds. The van der Waals surface area contributed by atoms with Crippen LogP contribution in [0.4, 0.5) is 0 Å². The van der Waals surface area contributed by atoms with Crippen LogP contribution < -0.4 is 0 Å². The molecule has 0 atom stereocenters. The molecule has 5 nitrogen and oxygen atoms in total. The van der Waals surface area contributed by atoms with Gasteiger partial charge in [0.15, 0.2) is 5.78 Å². The fraction of sp³-hybridized carbons (Fsp3) is 0.278. The van der Waals surface area contributed by atoms with Crippen LogP contribution in [-0.4, -0.2) is 20.3 Å². The number of carbonyl (C=O) groups excluding carboxylic acids is 1. The van der Waals surface area contributed by atoms with E-state index in [1.54, 1.807) is 0 Å². The molecular formula is C36H35IrN2O3-. The monoisotopic (exact) mass is 736 g/mol. The molecule has 7 aromatic rings. The average molecular weight is 736 g/mol. The van der Waals surface area contributed by atoms with Crippen molar-refractivity contribution in [2.75, 3.05) is 0 Å². The molecule has 0 unspecified atom stereocenters. The number of aliphatic hydroxyl groups is 1. The Kier molecular flexibility index (Phi) is 8.68. The minimum Gasteiger partial charge on any atom is -0.512 e. The number of ketones is 1. The third-order valence-electron chi connectivity index (χ3n) is 8.57. The Balaban J connectivity index is 0.000000193. The molecule has 0 saturated carbocycles. The predicted molar refractivity (Wildman–Crippen MR) is 169 cm³/mol. The minimum atomic E-state index is 0. The summed E-state index contributed by atoms with van der Waals surface area (Å²) in [7, 11) is 0. The molecule has 7 rings (SSSR count). The molecule has 217 valence electrons. The van der Waals surface area contributed by atoms with Crippen molar-refractivity contribution >= 4 is 65.9 Å². The predicted octanol–water partition coefficient (Wildman–Crippen LogP) is 9.80. The molecule has 0 saturated heterocycles. The molecule has 0 aliphatic carbocycles. The number of nitrogens with zero attached hydrogens (tertiary/aromatic N) is 2. The number of hydrogen-bond acceptors (Lipinski definition) is 4. The van der Waals surface area contributed by atoms with E-state index >= 15 is 0 Å². The summed E-state index contributed by atoms with van der Waals surface area (Å²) in [6, 6.07) is 24.3. The Labute approximate surface area is 258 Å². The maximum absolute atomic E-state index is 11.7. The first-order chi connectivity index (χ1) is 20.0. The summed E-state index contributed by atoms with van der Waals surface area (Å²) < 4.78 is 8.52. The van der Waals surface area contributed by atoms with Crippen molar-refractivity contribution in [2.45, 2.75) is 53.4 Å². The number of carbonyl (C=O) groups is 1. The van der Waals surface area contributed by atoms with Crippen molar-refractivity contribution in [1.82, 2.24) is 9.38 Å². The third kappa shape index (κ3) is 4.77. The van der Waals surface area contributed by atoms with Gasteiger partial charge in [0.05, 0.1) is 11.3 Å². The summed E-state index contributed by atoms with van der Waals surface area (Å²) in [5.41, 5.74) is 6.21. The van der Waals surface area contributed by atoms with Gasteiger partial charge in [-0.2, -0.15) is 0 Å². The molecule has 3 aromatic carbocycles. The molecule has 1 N–H and O–H groups in total. The van der Waals surface area contributed by atoms with E-state index in [-0.39, 0.29) is 43.5 Å². The fourth-order valence-electron chi connectivity index (χ4n) is 6.28. The van der Waals surface area contributed by atoms with E-state index in [1.807, 2.05) is 52.1 Å². The number of para-hydroxylation sites is 1. The second kappa shape index (κ2) is 12.2. The number of fused-ring (bicyclic) bond motifs is 6. The van der Waals surface area contributed by atoms with E-state index in [4.69, 9.17) is 9.40 Å². The van der Waals surface area contributed by atoms with Crippen molar-refractivity contribution in [3.05, 3.63) is 84.8 Å². The van der Waals surface area contributed by atoms with Crippen molar-refractivity contribution in [3.8, 4) is 0 Å². The van der Waals surface area contributed by atoms with Gasteiger partial charge in [0.1, 0.15) is 11.2 Å². The summed E-state index contributed by atoms with van der Waals surface area (Å²) in [5, 5.41) is 15.5. The van der Waals surface area contributed by atoms with Gasteiger partial charge >= 0.3 is 0 Å². The number of hydrogen-bond donors (Lipinski definition) is 1. The van der Waals surface area contributed by atoms with Crippen molar-refractivity contribution in [2.24, 2.45) is 11.8 Å². The van der Waals surface area contributed by atoms with Crippen LogP contribution in [0.25, 0.3) is 60.2 Å². The Morgan fingerprint density at radius 3 is 2.31 bits per heavy atom. The van der Waals surface area contributed by atoms with Crippen LogP contribution in [0.1, 0.15) is 53.4 Å². The Morgan fingerprint density at radius 2 is 1.57 bits per heavy atom. The van der Waals surface area contributed by atoms with Gasteiger partial charge in [-0.05, 0) is 55.5 Å². The molecule has 0 aliphatic heterocycles. The van der Waals surface area contributed by atoms with Gasteiger partial charge in [0.25, 0.3) is 0 Å². The quantitative estimate of drug-likeness (QED) is 0.101. The summed E-state index contributed by atoms with van der Waals surface area (Å²) in [6.45, 7) is 8.07. The smallest absolute Gasteiger partial charge is 0.162 e. The van der Waals surface area contributed by atoms with Crippen LogP contribution in [0.2, 0.25) is 0 Å².